The molecule has 0 spiro atoms. The van der Waals surface area contributed by atoms with Crippen LogP contribution in [0.15, 0.2) is 18.3 Å². The average Bonchev–Trinajstić information content (AvgIpc) is 2.83. The lowest BCUT2D eigenvalue weighted by Crippen LogP contribution is -2.10. The van der Waals surface area contributed by atoms with Crippen molar-refractivity contribution < 1.29 is 19.1 Å². The van der Waals surface area contributed by atoms with Gasteiger partial charge in [0, 0.05) is 6.20 Å². The van der Waals surface area contributed by atoms with Crippen LogP contribution in [0.3, 0.4) is 0 Å². The largest absolute Gasteiger partial charge is 0.465 e. The lowest BCUT2D eigenvalue weighted by atomic mass is 10.0. The Hall–Kier alpha value is -2.37. The Morgan fingerprint density at radius 1 is 1.20 bits per heavy atom. The molecule has 0 aliphatic heterocycles. The second-order valence-electron chi connectivity index (χ2n) is 4.65. The number of rotatable bonds is 3. The first kappa shape index (κ1) is 14.0. The lowest BCUT2D eigenvalue weighted by molar-refractivity contribution is 0.0553. The molecule has 0 radical (unpaired) electrons. The Kier molecular flexibility index (Phi) is 3.74. The van der Waals surface area contributed by atoms with Crippen molar-refractivity contribution in [1.29, 1.82) is 0 Å². The molecule has 0 aliphatic carbocycles. The van der Waals surface area contributed by atoms with Crippen LogP contribution in [0.2, 0.25) is 0 Å². The fourth-order valence-corrected chi connectivity index (χ4v) is 1.96. The van der Waals surface area contributed by atoms with Gasteiger partial charge in [0.25, 0.3) is 0 Å². The lowest BCUT2D eigenvalue weighted by Gasteiger charge is -2.05. The summed E-state index contributed by atoms with van der Waals surface area (Å²) < 4.78 is 10.9. The summed E-state index contributed by atoms with van der Waals surface area (Å²) in [6.45, 7) is 4.09. The normalized spacial score (nSPS) is 10.8. The van der Waals surface area contributed by atoms with E-state index in [2.05, 4.69) is 9.84 Å². The Morgan fingerprint density at radius 3 is 2.40 bits per heavy atom. The maximum Gasteiger partial charge on any atom is 0.359 e. The zero-order valence-corrected chi connectivity index (χ0v) is 11.8. The van der Waals surface area contributed by atoms with Gasteiger partial charge in [-0.2, -0.15) is 5.10 Å². The highest BCUT2D eigenvalue weighted by Crippen LogP contribution is 2.22. The second-order valence-corrected chi connectivity index (χ2v) is 4.65. The zero-order valence-electron chi connectivity index (χ0n) is 11.8. The van der Waals surface area contributed by atoms with Crippen molar-refractivity contribution in [3.8, 4) is 0 Å². The van der Waals surface area contributed by atoms with Gasteiger partial charge in [0.15, 0.2) is 5.69 Å². The van der Waals surface area contributed by atoms with Gasteiger partial charge in [-0.15, -0.1) is 0 Å². The highest BCUT2D eigenvalue weighted by molar-refractivity contribution is 6.07. The van der Waals surface area contributed by atoms with E-state index in [4.69, 9.17) is 4.74 Å². The molecule has 0 amide bonds. The topological polar surface area (TPSA) is 69.9 Å². The van der Waals surface area contributed by atoms with E-state index in [1.807, 2.05) is 26.0 Å². The van der Waals surface area contributed by atoms with Crippen LogP contribution in [-0.4, -0.2) is 35.8 Å². The number of nitrogens with zero attached hydrogens (tertiary/aromatic N) is 2. The van der Waals surface area contributed by atoms with Crippen LogP contribution >= 0.6 is 0 Å². The monoisotopic (exact) mass is 276 g/mol. The van der Waals surface area contributed by atoms with Crippen molar-refractivity contribution in [2.45, 2.75) is 19.8 Å². The Bertz CT molecular complexity index is 673. The molecule has 0 bridgehead atoms. The molecule has 2 aromatic heterocycles. The van der Waals surface area contributed by atoms with E-state index < -0.39 is 11.9 Å². The number of hydrogen-bond donors (Lipinski definition) is 0. The predicted octanol–water partition coefficient (Wildman–Crippen LogP) is 2.03. The van der Waals surface area contributed by atoms with Crippen LogP contribution in [0.25, 0.3) is 5.52 Å². The molecule has 6 nitrogen and oxygen atoms in total. The summed E-state index contributed by atoms with van der Waals surface area (Å²) in [5.41, 5.74) is 1.66. The summed E-state index contributed by atoms with van der Waals surface area (Å²) in [5.74, 6) is -0.983. The summed E-state index contributed by atoms with van der Waals surface area (Å²) in [7, 11) is 2.51. The van der Waals surface area contributed by atoms with Gasteiger partial charge >= 0.3 is 11.9 Å². The quantitative estimate of drug-likeness (QED) is 0.802. The number of pyridine rings is 1. The van der Waals surface area contributed by atoms with Gasteiger partial charge in [0.2, 0.25) is 0 Å². The number of fused-ring (bicyclic) bond motifs is 1. The minimum absolute atomic E-state index is 0.0414. The third-order valence-corrected chi connectivity index (χ3v) is 3.09. The zero-order chi connectivity index (χ0) is 14.9. The minimum atomic E-state index is -0.666. The number of carbonyl (C=O) groups excluding carboxylic acids is 2. The summed E-state index contributed by atoms with van der Waals surface area (Å²) >= 11 is 0. The number of ether oxygens (including phenoxy) is 2. The molecule has 0 aromatic carbocycles. The summed E-state index contributed by atoms with van der Waals surface area (Å²) in [6, 6.07) is 3.73. The van der Waals surface area contributed by atoms with E-state index in [1.54, 1.807) is 6.20 Å². The SMILES string of the molecule is COC(=O)c1nn2ccc(C(C)C)cc2c1C(=O)OC. The van der Waals surface area contributed by atoms with Crippen LogP contribution in [0.4, 0.5) is 0 Å². The molecular formula is C14H16N2O4. The van der Waals surface area contributed by atoms with Crippen molar-refractivity contribution in [3.63, 3.8) is 0 Å². The van der Waals surface area contributed by atoms with Gasteiger partial charge in [-0.1, -0.05) is 13.8 Å². The molecule has 20 heavy (non-hydrogen) atoms. The maximum absolute atomic E-state index is 11.9. The fourth-order valence-electron chi connectivity index (χ4n) is 1.96. The average molecular weight is 276 g/mol. The molecule has 0 N–H and O–H groups in total. The Balaban J connectivity index is 2.75. The van der Waals surface area contributed by atoms with Gasteiger partial charge in [-0.05, 0) is 23.6 Å². The third-order valence-electron chi connectivity index (χ3n) is 3.09. The number of esters is 2. The van der Waals surface area contributed by atoms with Gasteiger partial charge in [-0.25, -0.2) is 14.1 Å². The first-order valence-corrected chi connectivity index (χ1v) is 6.18. The van der Waals surface area contributed by atoms with Crippen LogP contribution in [0, 0.1) is 0 Å². The van der Waals surface area contributed by atoms with Gasteiger partial charge in [0.05, 0.1) is 19.7 Å². The molecule has 0 atom stereocenters. The highest BCUT2D eigenvalue weighted by atomic mass is 16.5. The molecule has 0 saturated heterocycles. The van der Waals surface area contributed by atoms with Crippen LogP contribution < -0.4 is 0 Å². The van der Waals surface area contributed by atoms with Crippen molar-refractivity contribution in [1.82, 2.24) is 9.61 Å². The van der Waals surface area contributed by atoms with Crippen molar-refractivity contribution in [2.75, 3.05) is 14.2 Å². The van der Waals surface area contributed by atoms with E-state index >= 15 is 0 Å². The van der Waals surface area contributed by atoms with E-state index in [1.165, 1.54) is 18.7 Å². The van der Waals surface area contributed by atoms with E-state index in [9.17, 15) is 9.59 Å². The molecule has 0 unspecified atom stereocenters. The number of aromatic nitrogens is 2. The molecule has 6 heteroatoms. The first-order chi connectivity index (χ1) is 9.49. The van der Waals surface area contributed by atoms with Crippen LogP contribution in [-0.2, 0) is 9.47 Å². The summed E-state index contributed by atoms with van der Waals surface area (Å²) in [4.78, 5) is 23.7. The maximum atomic E-state index is 11.9. The van der Waals surface area contributed by atoms with Gasteiger partial charge in [0.1, 0.15) is 5.56 Å². The molecule has 0 saturated carbocycles. The van der Waals surface area contributed by atoms with Crippen molar-refractivity contribution in [2.24, 2.45) is 0 Å². The second kappa shape index (κ2) is 5.32. The van der Waals surface area contributed by atoms with E-state index in [0.29, 0.717) is 11.4 Å². The molecule has 2 aromatic rings. The number of carbonyl (C=O) groups is 2. The highest BCUT2D eigenvalue weighted by Gasteiger charge is 2.26. The smallest absolute Gasteiger partial charge is 0.359 e. The van der Waals surface area contributed by atoms with Crippen molar-refractivity contribution in [3.05, 3.63) is 35.2 Å². The van der Waals surface area contributed by atoms with E-state index in [0.717, 1.165) is 5.56 Å². The first-order valence-electron chi connectivity index (χ1n) is 6.18. The van der Waals surface area contributed by atoms with Gasteiger partial charge < -0.3 is 9.47 Å². The standard InChI is InChI=1S/C14H16N2O4/c1-8(2)9-5-6-16-10(7-9)11(13(17)19-3)12(15-16)14(18)20-4/h5-8H,1-4H3. The molecule has 2 heterocycles. The third kappa shape index (κ3) is 2.24. The molecular weight excluding hydrogens is 260 g/mol. The Morgan fingerprint density at radius 2 is 1.85 bits per heavy atom. The number of methoxy groups -OCH3 is 2. The predicted molar refractivity (Wildman–Crippen MR) is 72.0 cm³/mol. The Labute approximate surface area is 116 Å². The molecule has 0 fully saturated rings. The molecule has 106 valence electrons. The summed E-state index contributed by atoms with van der Waals surface area (Å²) in [5, 5.41) is 4.09. The minimum Gasteiger partial charge on any atom is -0.465 e. The molecule has 2 rings (SSSR count). The van der Waals surface area contributed by atoms with Crippen LogP contribution in [0.1, 0.15) is 46.2 Å². The summed E-state index contributed by atoms with van der Waals surface area (Å²) in [6.07, 6.45) is 1.71. The molecule has 0 aliphatic rings. The van der Waals surface area contributed by atoms with Crippen LogP contribution in [0.5, 0.6) is 0 Å². The van der Waals surface area contributed by atoms with Gasteiger partial charge in [-0.3, -0.25) is 0 Å². The van der Waals surface area contributed by atoms with E-state index in [-0.39, 0.29) is 11.3 Å². The van der Waals surface area contributed by atoms with Crippen molar-refractivity contribution >= 4 is 17.5 Å². The fraction of sp³-hybridized carbons (Fsp3) is 0.357. The number of hydrogen-bond acceptors (Lipinski definition) is 5.